The van der Waals surface area contributed by atoms with E-state index in [1.165, 1.54) is 25.1 Å². The number of hydrogen-bond donors (Lipinski definition) is 1. The maximum absolute atomic E-state index is 11.4. The molecule has 2 aromatic rings. The van der Waals surface area contributed by atoms with Crippen LogP contribution in [0, 0.1) is 10.1 Å². The van der Waals surface area contributed by atoms with Crippen molar-refractivity contribution in [3.63, 3.8) is 0 Å². The van der Waals surface area contributed by atoms with Crippen LogP contribution in [0.15, 0.2) is 45.3 Å². The van der Waals surface area contributed by atoms with Crippen LogP contribution in [0.2, 0.25) is 0 Å². The van der Waals surface area contributed by atoms with Gasteiger partial charge in [-0.1, -0.05) is 22.0 Å². The predicted octanol–water partition coefficient (Wildman–Crippen LogP) is 4.76. The minimum absolute atomic E-state index is 0.0573. The van der Waals surface area contributed by atoms with Gasteiger partial charge < -0.3 is 14.6 Å². The minimum atomic E-state index is -1.24. The molecule has 0 bridgehead atoms. The van der Waals surface area contributed by atoms with Crippen LogP contribution >= 0.6 is 31.9 Å². The summed E-state index contributed by atoms with van der Waals surface area (Å²) in [4.78, 5) is 21.6. The van der Waals surface area contributed by atoms with Gasteiger partial charge in [0, 0.05) is 4.47 Å². The molecule has 24 heavy (non-hydrogen) atoms. The lowest BCUT2D eigenvalue weighted by molar-refractivity contribution is -0.386. The van der Waals surface area contributed by atoms with Gasteiger partial charge in [0.1, 0.15) is 5.75 Å². The molecule has 2 rings (SSSR count). The molecule has 0 aliphatic heterocycles. The molecular formula is C15H11Br2NO6. The molecule has 0 amide bonds. The third-order valence-electron chi connectivity index (χ3n) is 2.91. The highest BCUT2D eigenvalue weighted by molar-refractivity contribution is 9.11. The summed E-state index contributed by atoms with van der Waals surface area (Å²) in [7, 11) is 0. The first-order valence-electron chi connectivity index (χ1n) is 6.59. The van der Waals surface area contributed by atoms with Crippen molar-refractivity contribution in [2.75, 3.05) is 0 Å². The van der Waals surface area contributed by atoms with Crippen LogP contribution in [-0.2, 0) is 4.79 Å². The standard InChI is InChI=1S/C15H11Br2NO6/c1-8(15(19)20)23-12-3-2-4-13(14(12)18(21)22)24-11-6-5-9(16)7-10(11)17/h2-8H,1H3,(H,19,20). The van der Waals surface area contributed by atoms with Crippen molar-refractivity contribution in [2.45, 2.75) is 13.0 Å². The monoisotopic (exact) mass is 459 g/mol. The third kappa shape index (κ3) is 4.24. The number of para-hydroxylation sites is 1. The summed E-state index contributed by atoms with van der Waals surface area (Å²) in [5.74, 6) is -1.10. The Morgan fingerprint density at radius 1 is 1.21 bits per heavy atom. The molecule has 1 atom stereocenters. The summed E-state index contributed by atoms with van der Waals surface area (Å²) in [6.07, 6.45) is -1.24. The Balaban J connectivity index is 2.42. The van der Waals surface area contributed by atoms with Crippen LogP contribution < -0.4 is 9.47 Å². The zero-order valence-electron chi connectivity index (χ0n) is 12.2. The highest BCUT2D eigenvalue weighted by atomic mass is 79.9. The normalized spacial score (nSPS) is 11.6. The summed E-state index contributed by atoms with van der Waals surface area (Å²) in [6, 6.07) is 9.29. The first kappa shape index (κ1) is 18.2. The molecule has 7 nitrogen and oxygen atoms in total. The number of nitrogens with zero attached hydrogens (tertiary/aromatic N) is 1. The number of carbonyl (C=O) groups is 1. The molecule has 0 radical (unpaired) electrons. The lowest BCUT2D eigenvalue weighted by Gasteiger charge is -2.13. The van der Waals surface area contributed by atoms with Crippen LogP contribution in [-0.4, -0.2) is 22.1 Å². The molecule has 0 saturated heterocycles. The van der Waals surface area contributed by atoms with E-state index in [4.69, 9.17) is 14.6 Å². The second-order valence-corrected chi connectivity index (χ2v) is 6.41. The number of nitro groups is 1. The highest BCUT2D eigenvalue weighted by Gasteiger charge is 2.26. The molecule has 126 valence electrons. The van der Waals surface area contributed by atoms with Gasteiger partial charge in [0.2, 0.25) is 11.5 Å². The van der Waals surface area contributed by atoms with E-state index in [9.17, 15) is 14.9 Å². The molecule has 0 fully saturated rings. The van der Waals surface area contributed by atoms with E-state index in [1.54, 1.807) is 18.2 Å². The smallest absolute Gasteiger partial charge is 0.352 e. The zero-order chi connectivity index (χ0) is 17.9. The van der Waals surface area contributed by atoms with Crippen molar-refractivity contribution in [3.05, 3.63) is 55.5 Å². The number of halogens is 2. The van der Waals surface area contributed by atoms with Gasteiger partial charge in [-0.25, -0.2) is 4.79 Å². The van der Waals surface area contributed by atoms with Crippen molar-refractivity contribution < 1.29 is 24.3 Å². The maximum Gasteiger partial charge on any atom is 0.352 e. The maximum atomic E-state index is 11.4. The third-order valence-corrected chi connectivity index (χ3v) is 4.02. The summed E-state index contributed by atoms with van der Waals surface area (Å²) in [6.45, 7) is 1.28. The number of aliphatic carboxylic acids is 1. The molecule has 9 heteroatoms. The zero-order valence-corrected chi connectivity index (χ0v) is 15.4. The summed E-state index contributed by atoms with van der Waals surface area (Å²) in [5, 5.41) is 20.3. The average molecular weight is 461 g/mol. The van der Waals surface area contributed by atoms with Crippen molar-refractivity contribution in [2.24, 2.45) is 0 Å². The average Bonchev–Trinajstić information content (AvgIpc) is 2.49. The van der Waals surface area contributed by atoms with Crippen LogP contribution in [0.4, 0.5) is 5.69 Å². The van der Waals surface area contributed by atoms with E-state index in [0.717, 1.165) is 4.47 Å². The summed E-state index contributed by atoms with van der Waals surface area (Å²) in [5.41, 5.74) is -0.444. The van der Waals surface area contributed by atoms with Gasteiger partial charge in [-0.2, -0.15) is 0 Å². The Morgan fingerprint density at radius 3 is 2.46 bits per heavy atom. The quantitative estimate of drug-likeness (QED) is 0.492. The Morgan fingerprint density at radius 2 is 1.88 bits per heavy atom. The number of rotatable bonds is 6. The molecular weight excluding hydrogens is 450 g/mol. The first-order chi connectivity index (χ1) is 11.3. The molecule has 0 aliphatic rings. The second kappa shape index (κ2) is 7.63. The lowest BCUT2D eigenvalue weighted by atomic mass is 10.2. The molecule has 1 unspecified atom stereocenters. The van der Waals surface area contributed by atoms with Crippen LogP contribution in [0.3, 0.4) is 0 Å². The van der Waals surface area contributed by atoms with Crippen molar-refractivity contribution in [1.29, 1.82) is 0 Å². The number of carboxylic acids is 1. The summed E-state index contributed by atoms with van der Waals surface area (Å²) >= 11 is 6.61. The molecule has 0 spiro atoms. The topological polar surface area (TPSA) is 98.9 Å². The first-order valence-corrected chi connectivity index (χ1v) is 8.18. The minimum Gasteiger partial charge on any atom is -0.479 e. The van der Waals surface area contributed by atoms with Gasteiger partial charge in [-0.15, -0.1) is 0 Å². The Hall–Kier alpha value is -2.13. The van der Waals surface area contributed by atoms with E-state index in [2.05, 4.69) is 31.9 Å². The second-order valence-electron chi connectivity index (χ2n) is 4.64. The Kier molecular flexibility index (Phi) is 5.79. The van der Waals surface area contributed by atoms with Crippen LogP contribution in [0.1, 0.15) is 6.92 Å². The van der Waals surface area contributed by atoms with Crippen molar-refractivity contribution >= 4 is 43.5 Å². The SMILES string of the molecule is CC(Oc1cccc(Oc2ccc(Br)cc2Br)c1[N+](=O)[O-])C(=O)O. The van der Waals surface area contributed by atoms with Gasteiger partial charge in [-0.3, -0.25) is 10.1 Å². The van der Waals surface area contributed by atoms with Gasteiger partial charge in [-0.05, 0) is 53.2 Å². The number of carboxylic acid groups (broad SMARTS) is 1. The van der Waals surface area contributed by atoms with E-state index < -0.39 is 22.7 Å². The van der Waals surface area contributed by atoms with Crippen molar-refractivity contribution in [1.82, 2.24) is 0 Å². The number of benzene rings is 2. The van der Waals surface area contributed by atoms with Crippen LogP contribution in [0.5, 0.6) is 17.2 Å². The van der Waals surface area contributed by atoms with Gasteiger partial charge in [0.05, 0.1) is 9.40 Å². The predicted molar refractivity (Wildman–Crippen MR) is 92.7 cm³/mol. The number of ether oxygens (including phenoxy) is 2. The highest BCUT2D eigenvalue weighted by Crippen LogP contribution is 2.41. The molecule has 0 saturated carbocycles. The fourth-order valence-electron chi connectivity index (χ4n) is 1.78. The molecule has 0 heterocycles. The van der Waals surface area contributed by atoms with Crippen LogP contribution in [0.25, 0.3) is 0 Å². The fraction of sp³-hybridized carbons (Fsp3) is 0.133. The Labute approximate surface area is 153 Å². The number of nitro benzene ring substituents is 1. The van der Waals surface area contributed by atoms with Gasteiger partial charge >= 0.3 is 11.7 Å². The van der Waals surface area contributed by atoms with E-state index in [1.807, 2.05) is 0 Å². The Bertz CT molecular complexity index is 796. The molecule has 0 aromatic heterocycles. The van der Waals surface area contributed by atoms with E-state index >= 15 is 0 Å². The molecule has 0 aliphatic carbocycles. The fourth-order valence-corrected chi connectivity index (χ4v) is 2.90. The van der Waals surface area contributed by atoms with Crippen molar-refractivity contribution in [3.8, 4) is 17.2 Å². The lowest BCUT2D eigenvalue weighted by Crippen LogP contribution is -2.23. The molecule has 2 aromatic carbocycles. The van der Waals surface area contributed by atoms with E-state index in [0.29, 0.717) is 10.2 Å². The summed E-state index contributed by atoms with van der Waals surface area (Å²) < 4.78 is 12.2. The largest absolute Gasteiger partial charge is 0.479 e. The van der Waals surface area contributed by atoms with Gasteiger partial charge in [0.25, 0.3) is 0 Å². The number of hydrogen-bond acceptors (Lipinski definition) is 5. The van der Waals surface area contributed by atoms with E-state index in [-0.39, 0.29) is 11.5 Å². The molecule has 1 N–H and O–H groups in total. The van der Waals surface area contributed by atoms with Gasteiger partial charge in [0.15, 0.2) is 6.10 Å².